The van der Waals surface area contributed by atoms with Crippen LogP contribution in [0.5, 0.6) is 0 Å². The van der Waals surface area contributed by atoms with Crippen LogP contribution in [0.2, 0.25) is 0 Å². The number of H-pyrrole nitrogens is 2. The fraction of sp³-hybridized carbons (Fsp3) is 0.185. The molecule has 0 radical (unpaired) electrons. The first kappa shape index (κ1) is 22.6. The second kappa shape index (κ2) is 8.98. The maximum Gasteiger partial charge on any atom is 0.180 e. The molecule has 10 heteroatoms. The maximum atomic E-state index is 4.92. The van der Waals surface area contributed by atoms with Gasteiger partial charge < -0.3 is 14.9 Å². The Morgan fingerprint density at radius 2 is 2.03 bits per heavy atom. The van der Waals surface area contributed by atoms with Crippen LogP contribution in [0.25, 0.3) is 50.7 Å². The van der Waals surface area contributed by atoms with Crippen molar-refractivity contribution in [2.75, 3.05) is 5.32 Å². The van der Waals surface area contributed by atoms with Crippen molar-refractivity contribution in [3.05, 3.63) is 73.4 Å². The average Bonchev–Trinajstić information content (AvgIpc) is 3.60. The molecule has 0 aliphatic carbocycles. The summed E-state index contributed by atoms with van der Waals surface area (Å²) in [5.41, 5.74) is 8.87. The van der Waals surface area contributed by atoms with E-state index in [2.05, 4.69) is 55.9 Å². The van der Waals surface area contributed by atoms with E-state index in [0.29, 0.717) is 28.6 Å². The molecule has 0 unspecified atom stereocenters. The van der Waals surface area contributed by atoms with Gasteiger partial charge in [0.1, 0.15) is 11.0 Å². The lowest BCUT2D eigenvalue weighted by Gasteiger charge is -2.12. The molecule has 0 bridgehead atoms. The molecule has 0 spiro atoms. The molecular formula is C27H26N10. The summed E-state index contributed by atoms with van der Waals surface area (Å²) in [6, 6.07) is 7.87. The Balaban J connectivity index is 1.38. The molecule has 0 amide bonds. The van der Waals surface area contributed by atoms with Gasteiger partial charge in [0.2, 0.25) is 0 Å². The number of hydrogen-bond donors (Lipinski definition) is 3. The van der Waals surface area contributed by atoms with Gasteiger partial charge in [-0.05, 0) is 43.5 Å². The summed E-state index contributed by atoms with van der Waals surface area (Å²) in [7, 11) is 0. The number of hydrogen-bond acceptors (Lipinski definition) is 7. The zero-order chi connectivity index (χ0) is 25.5. The molecule has 10 nitrogen and oxygen atoms in total. The molecule has 3 N–H and O–H groups in total. The average molecular weight is 491 g/mol. The molecule has 184 valence electrons. The van der Waals surface area contributed by atoms with Crippen molar-refractivity contribution >= 4 is 27.9 Å². The minimum atomic E-state index is 0.522. The predicted octanol–water partition coefficient (Wildman–Crippen LogP) is 5.42. The Bertz CT molecular complexity index is 1750. The molecule has 6 rings (SSSR count). The minimum absolute atomic E-state index is 0.522. The molecule has 0 saturated carbocycles. The number of aryl methyl sites for hydroxylation is 1. The van der Waals surface area contributed by atoms with Crippen molar-refractivity contribution in [3.8, 4) is 28.5 Å². The number of allylic oxidation sites excluding steroid dienone is 1. The Morgan fingerprint density at radius 3 is 2.84 bits per heavy atom. The van der Waals surface area contributed by atoms with E-state index in [9.17, 15) is 0 Å². The Morgan fingerprint density at radius 1 is 1.14 bits per heavy atom. The van der Waals surface area contributed by atoms with Crippen LogP contribution in [-0.4, -0.2) is 44.7 Å². The third kappa shape index (κ3) is 4.33. The number of anilines is 1. The van der Waals surface area contributed by atoms with E-state index in [1.165, 1.54) is 0 Å². The monoisotopic (exact) mass is 490 g/mol. The number of aromatic amines is 2. The molecule has 6 aromatic rings. The zero-order valence-corrected chi connectivity index (χ0v) is 20.8. The molecule has 6 heterocycles. The number of aromatic nitrogens is 9. The summed E-state index contributed by atoms with van der Waals surface area (Å²) < 4.78 is 1.95. The quantitative estimate of drug-likeness (QED) is 0.273. The fourth-order valence-corrected chi connectivity index (χ4v) is 4.40. The topological polar surface area (TPSA) is 126 Å². The predicted molar refractivity (Wildman–Crippen MR) is 144 cm³/mol. The van der Waals surface area contributed by atoms with Crippen molar-refractivity contribution in [1.82, 2.24) is 44.7 Å². The summed E-state index contributed by atoms with van der Waals surface area (Å²) in [6.07, 6.45) is 9.95. The third-order valence-electron chi connectivity index (χ3n) is 6.00. The summed E-state index contributed by atoms with van der Waals surface area (Å²) in [4.78, 5) is 26.2. The van der Waals surface area contributed by atoms with E-state index in [4.69, 9.17) is 9.97 Å². The Hall–Kier alpha value is -4.86. The van der Waals surface area contributed by atoms with Gasteiger partial charge >= 0.3 is 0 Å². The van der Waals surface area contributed by atoms with Crippen LogP contribution < -0.4 is 5.32 Å². The molecule has 6 aromatic heterocycles. The van der Waals surface area contributed by atoms with Gasteiger partial charge in [0, 0.05) is 29.9 Å². The van der Waals surface area contributed by atoms with Crippen molar-refractivity contribution in [2.24, 2.45) is 5.92 Å². The Kier molecular flexibility index (Phi) is 5.48. The van der Waals surface area contributed by atoms with Gasteiger partial charge in [0.25, 0.3) is 0 Å². The number of nitrogens with zero attached hydrogens (tertiary/aromatic N) is 7. The smallest absolute Gasteiger partial charge is 0.180 e. The standard InChI is InChI=1S/C27H26N10/c1-15(2)9-16(3)31-19-10-18(11-28-12-19)20-5-6-21-23(32-20)25(36-35-21)27-33-24-22(7-8-29-26(24)34-27)37-13-17(4)30-14-37/h5-8,10-15,31H,3,9H2,1-2,4H3,(H,35,36)(H,29,33,34). The van der Waals surface area contributed by atoms with Gasteiger partial charge in [-0.2, -0.15) is 5.10 Å². The highest BCUT2D eigenvalue weighted by Crippen LogP contribution is 2.29. The summed E-state index contributed by atoms with van der Waals surface area (Å²) in [5, 5.41) is 10.9. The summed E-state index contributed by atoms with van der Waals surface area (Å²) in [6.45, 7) is 10.4. The first-order valence-electron chi connectivity index (χ1n) is 12.1. The number of imidazole rings is 2. The lowest BCUT2D eigenvalue weighted by Crippen LogP contribution is -2.02. The zero-order valence-electron chi connectivity index (χ0n) is 20.8. The van der Waals surface area contributed by atoms with Crippen LogP contribution >= 0.6 is 0 Å². The van der Waals surface area contributed by atoms with Crippen molar-refractivity contribution in [1.29, 1.82) is 0 Å². The lowest BCUT2D eigenvalue weighted by molar-refractivity contribution is 0.645. The van der Waals surface area contributed by atoms with Crippen molar-refractivity contribution < 1.29 is 0 Å². The van der Waals surface area contributed by atoms with Gasteiger partial charge in [-0.15, -0.1) is 0 Å². The molecule has 37 heavy (non-hydrogen) atoms. The van der Waals surface area contributed by atoms with Gasteiger partial charge in [-0.3, -0.25) is 10.1 Å². The number of fused-ring (bicyclic) bond motifs is 2. The molecule has 0 atom stereocenters. The maximum absolute atomic E-state index is 4.92. The second-order valence-corrected chi connectivity index (χ2v) is 9.49. The van der Waals surface area contributed by atoms with Gasteiger partial charge in [-0.1, -0.05) is 20.4 Å². The van der Waals surface area contributed by atoms with Crippen molar-refractivity contribution in [3.63, 3.8) is 0 Å². The second-order valence-electron chi connectivity index (χ2n) is 9.49. The van der Waals surface area contributed by atoms with Crippen LogP contribution in [-0.2, 0) is 0 Å². The number of nitrogens with one attached hydrogen (secondary N) is 3. The van der Waals surface area contributed by atoms with E-state index in [0.717, 1.165) is 51.5 Å². The van der Waals surface area contributed by atoms with Gasteiger partial charge in [0.05, 0.1) is 40.8 Å². The first-order chi connectivity index (χ1) is 17.9. The SMILES string of the molecule is C=C(CC(C)C)Nc1cncc(-c2ccc3[nH]nc(-c4nc5nccc(-n6cnc(C)c6)c5[nH]4)c3n2)c1. The largest absolute Gasteiger partial charge is 0.358 e. The highest BCUT2D eigenvalue weighted by molar-refractivity contribution is 5.92. The van der Waals surface area contributed by atoms with E-state index in [1.807, 2.05) is 42.0 Å². The molecule has 0 aromatic carbocycles. The van der Waals surface area contributed by atoms with Gasteiger partial charge in [-0.25, -0.2) is 19.9 Å². The molecule has 0 saturated heterocycles. The van der Waals surface area contributed by atoms with Crippen LogP contribution in [0.4, 0.5) is 5.69 Å². The van der Waals surface area contributed by atoms with E-state index in [1.54, 1.807) is 24.9 Å². The molecule has 0 aliphatic heterocycles. The highest BCUT2D eigenvalue weighted by atomic mass is 15.2. The fourth-order valence-electron chi connectivity index (χ4n) is 4.40. The van der Waals surface area contributed by atoms with E-state index >= 15 is 0 Å². The molecule has 0 aliphatic rings. The number of pyridine rings is 3. The van der Waals surface area contributed by atoms with E-state index < -0.39 is 0 Å². The van der Waals surface area contributed by atoms with E-state index in [-0.39, 0.29) is 0 Å². The van der Waals surface area contributed by atoms with Crippen LogP contribution in [0.1, 0.15) is 26.0 Å². The summed E-state index contributed by atoms with van der Waals surface area (Å²) >= 11 is 0. The summed E-state index contributed by atoms with van der Waals surface area (Å²) in [5.74, 6) is 1.11. The lowest BCUT2D eigenvalue weighted by atomic mass is 10.1. The molecule has 0 fully saturated rings. The van der Waals surface area contributed by atoms with Crippen molar-refractivity contribution in [2.45, 2.75) is 27.2 Å². The van der Waals surface area contributed by atoms with Gasteiger partial charge in [0.15, 0.2) is 17.2 Å². The van der Waals surface area contributed by atoms with Crippen LogP contribution in [0.3, 0.4) is 0 Å². The highest BCUT2D eigenvalue weighted by Gasteiger charge is 2.17. The minimum Gasteiger partial charge on any atom is -0.358 e. The first-order valence-corrected chi connectivity index (χ1v) is 12.1. The molecular weight excluding hydrogens is 464 g/mol. The normalized spacial score (nSPS) is 11.6. The van der Waals surface area contributed by atoms with Crippen LogP contribution in [0, 0.1) is 12.8 Å². The number of rotatable bonds is 7. The third-order valence-corrected chi connectivity index (χ3v) is 6.00. The van der Waals surface area contributed by atoms with Crippen LogP contribution in [0.15, 0.2) is 67.7 Å². The Labute approximate surface area is 213 Å².